The molecule has 2 amide bonds. The minimum Gasteiger partial charge on any atom is -0.349 e. The average Bonchev–Trinajstić information content (AvgIpc) is 2.79. The van der Waals surface area contributed by atoms with Gasteiger partial charge in [-0.2, -0.15) is 0 Å². The van der Waals surface area contributed by atoms with E-state index in [4.69, 9.17) is 0 Å². The molecule has 3 aromatic carbocycles. The van der Waals surface area contributed by atoms with Gasteiger partial charge in [0, 0.05) is 12.1 Å². The molecular formula is C27H30N2O2. The summed E-state index contributed by atoms with van der Waals surface area (Å²) in [6, 6.07) is 25.8. The number of amides is 2. The summed E-state index contributed by atoms with van der Waals surface area (Å²) in [7, 11) is 0. The van der Waals surface area contributed by atoms with Gasteiger partial charge >= 0.3 is 0 Å². The second-order valence-corrected chi connectivity index (χ2v) is 7.86. The van der Waals surface area contributed by atoms with Crippen LogP contribution in [0.3, 0.4) is 0 Å². The molecule has 0 fully saturated rings. The lowest BCUT2D eigenvalue weighted by Crippen LogP contribution is -2.30. The monoisotopic (exact) mass is 414 g/mol. The molecular weight excluding hydrogens is 384 g/mol. The summed E-state index contributed by atoms with van der Waals surface area (Å²) in [5.74, 6) is 0.0491. The lowest BCUT2D eigenvalue weighted by molar-refractivity contribution is -0.121. The summed E-state index contributed by atoms with van der Waals surface area (Å²) in [5, 5.41) is 3.04. The van der Waals surface area contributed by atoms with E-state index in [0.29, 0.717) is 19.4 Å². The topological polar surface area (TPSA) is 49.4 Å². The number of anilines is 1. The van der Waals surface area contributed by atoms with Crippen LogP contribution in [-0.2, 0) is 22.6 Å². The van der Waals surface area contributed by atoms with Gasteiger partial charge < -0.3 is 10.2 Å². The minimum absolute atomic E-state index is 0.0229. The number of rotatable bonds is 8. The van der Waals surface area contributed by atoms with Crippen molar-refractivity contribution in [2.24, 2.45) is 0 Å². The SMILES string of the molecule is CCC(=O)N(Cc1ccc(C)cc1)c1ccc(CC(=O)NC(C)c2ccccc2)cc1. The molecule has 0 spiro atoms. The molecule has 0 bridgehead atoms. The van der Waals surface area contributed by atoms with Crippen LogP contribution in [0, 0.1) is 6.92 Å². The van der Waals surface area contributed by atoms with E-state index in [0.717, 1.165) is 22.4 Å². The van der Waals surface area contributed by atoms with E-state index in [9.17, 15) is 9.59 Å². The van der Waals surface area contributed by atoms with E-state index in [2.05, 4.69) is 29.6 Å². The van der Waals surface area contributed by atoms with Gasteiger partial charge in [-0.1, -0.05) is 79.2 Å². The van der Waals surface area contributed by atoms with Crippen molar-refractivity contribution in [1.82, 2.24) is 5.32 Å². The maximum Gasteiger partial charge on any atom is 0.227 e. The van der Waals surface area contributed by atoms with Gasteiger partial charge in [0.25, 0.3) is 0 Å². The molecule has 3 aromatic rings. The van der Waals surface area contributed by atoms with Crippen LogP contribution in [-0.4, -0.2) is 11.8 Å². The van der Waals surface area contributed by atoms with Gasteiger partial charge in [0.1, 0.15) is 0 Å². The molecule has 0 aromatic heterocycles. The van der Waals surface area contributed by atoms with E-state index >= 15 is 0 Å². The maximum atomic E-state index is 12.6. The van der Waals surface area contributed by atoms with Crippen molar-refractivity contribution < 1.29 is 9.59 Å². The zero-order valence-corrected chi connectivity index (χ0v) is 18.5. The van der Waals surface area contributed by atoms with Crippen molar-refractivity contribution in [3.63, 3.8) is 0 Å². The van der Waals surface area contributed by atoms with Crippen LogP contribution < -0.4 is 10.2 Å². The number of hydrogen-bond acceptors (Lipinski definition) is 2. The van der Waals surface area contributed by atoms with Crippen LogP contribution in [0.4, 0.5) is 5.69 Å². The zero-order valence-electron chi connectivity index (χ0n) is 18.5. The van der Waals surface area contributed by atoms with Crippen molar-refractivity contribution in [3.05, 3.63) is 101 Å². The molecule has 4 nitrogen and oxygen atoms in total. The summed E-state index contributed by atoms with van der Waals surface area (Å²) in [4.78, 5) is 26.8. The van der Waals surface area contributed by atoms with Gasteiger partial charge in [-0.25, -0.2) is 0 Å². The highest BCUT2D eigenvalue weighted by molar-refractivity contribution is 5.93. The van der Waals surface area contributed by atoms with Gasteiger partial charge in [-0.05, 0) is 42.7 Å². The Hall–Kier alpha value is -3.40. The Morgan fingerprint density at radius 1 is 0.871 bits per heavy atom. The van der Waals surface area contributed by atoms with Crippen molar-refractivity contribution >= 4 is 17.5 Å². The van der Waals surface area contributed by atoms with E-state index in [1.165, 1.54) is 5.56 Å². The van der Waals surface area contributed by atoms with Gasteiger partial charge in [-0.3, -0.25) is 9.59 Å². The molecule has 0 aliphatic rings. The fraction of sp³-hybridized carbons (Fsp3) is 0.259. The zero-order chi connectivity index (χ0) is 22.2. The third-order valence-corrected chi connectivity index (χ3v) is 5.35. The summed E-state index contributed by atoms with van der Waals surface area (Å²) in [6.45, 7) is 6.43. The third kappa shape index (κ3) is 6.29. The van der Waals surface area contributed by atoms with Crippen molar-refractivity contribution in [2.75, 3.05) is 4.90 Å². The molecule has 4 heteroatoms. The van der Waals surface area contributed by atoms with Gasteiger partial charge in [0.15, 0.2) is 0 Å². The normalized spacial score (nSPS) is 11.6. The third-order valence-electron chi connectivity index (χ3n) is 5.35. The first-order valence-electron chi connectivity index (χ1n) is 10.8. The highest BCUT2D eigenvalue weighted by Crippen LogP contribution is 2.20. The first-order chi connectivity index (χ1) is 15.0. The molecule has 1 N–H and O–H groups in total. The maximum absolute atomic E-state index is 12.6. The van der Waals surface area contributed by atoms with Gasteiger partial charge in [-0.15, -0.1) is 0 Å². The van der Waals surface area contributed by atoms with Crippen LogP contribution in [0.2, 0.25) is 0 Å². The predicted octanol–water partition coefficient (Wildman–Crippen LogP) is 5.36. The summed E-state index contributed by atoms with van der Waals surface area (Å²) in [5.41, 5.74) is 5.12. The summed E-state index contributed by atoms with van der Waals surface area (Å²) in [6.07, 6.45) is 0.741. The van der Waals surface area contributed by atoms with Crippen LogP contribution >= 0.6 is 0 Å². The first kappa shape index (κ1) is 22.3. The molecule has 1 unspecified atom stereocenters. The number of benzene rings is 3. The van der Waals surface area contributed by atoms with Crippen LogP contribution in [0.15, 0.2) is 78.9 Å². The fourth-order valence-corrected chi connectivity index (χ4v) is 3.49. The molecule has 0 saturated heterocycles. The number of carbonyl (C=O) groups excluding carboxylic acids is 2. The largest absolute Gasteiger partial charge is 0.349 e. The standard InChI is InChI=1S/C27H30N2O2/c1-4-27(31)29(19-23-12-10-20(2)11-13-23)25-16-14-22(15-17-25)18-26(30)28-21(3)24-8-6-5-7-9-24/h5-17,21H,4,18-19H2,1-3H3,(H,28,30). The van der Waals surface area contributed by atoms with Gasteiger partial charge in [0.05, 0.1) is 19.0 Å². The fourth-order valence-electron chi connectivity index (χ4n) is 3.49. The molecule has 0 radical (unpaired) electrons. The lowest BCUT2D eigenvalue weighted by atomic mass is 10.1. The van der Waals surface area contributed by atoms with E-state index < -0.39 is 0 Å². The smallest absolute Gasteiger partial charge is 0.227 e. The number of nitrogens with zero attached hydrogens (tertiary/aromatic N) is 1. The molecule has 0 saturated carbocycles. The molecule has 31 heavy (non-hydrogen) atoms. The van der Waals surface area contributed by atoms with E-state index in [1.807, 2.05) is 75.4 Å². The molecule has 0 aliphatic heterocycles. The highest BCUT2D eigenvalue weighted by atomic mass is 16.2. The van der Waals surface area contributed by atoms with Crippen molar-refractivity contribution in [2.45, 2.75) is 46.2 Å². The quantitative estimate of drug-likeness (QED) is 0.540. The Bertz CT molecular complexity index is 996. The number of nitrogens with one attached hydrogen (secondary N) is 1. The first-order valence-corrected chi connectivity index (χ1v) is 10.8. The molecule has 1 atom stereocenters. The predicted molar refractivity (Wildman–Crippen MR) is 126 cm³/mol. The average molecular weight is 415 g/mol. The molecule has 0 aliphatic carbocycles. The second-order valence-electron chi connectivity index (χ2n) is 7.86. The highest BCUT2D eigenvalue weighted by Gasteiger charge is 2.15. The minimum atomic E-state index is -0.0415. The van der Waals surface area contributed by atoms with E-state index in [1.54, 1.807) is 4.90 Å². The molecule has 160 valence electrons. The van der Waals surface area contributed by atoms with Crippen LogP contribution in [0.1, 0.15) is 48.6 Å². The number of aryl methyl sites for hydroxylation is 1. The number of hydrogen-bond donors (Lipinski definition) is 1. The van der Waals surface area contributed by atoms with E-state index in [-0.39, 0.29) is 17.9 Å². The Labute approximate surface area is 184 Å². The van der Waals surface area contributed by atoms with Crippen LogP contribution in [0.25, 0.3) is 0 Å². The van der Waals surface area contributed by atoms with Gasteiger partial charge in [0.2, 0.25) is 11.8 Å². The molecule has 3 rings (SSSR count). The summed E-state index contributed by atoms with van der Waals surface area (Å²) < 4.78 is 0. The molecule has 0 heterocycles. The second kappa shape index (κ2) is 10.6. The van der Waals surface area contributed by atoms with Crippen molar-refractivity contribution in [1.29, 1.82) is 0 Å². The van der Waals surface area contributed by atoms with Crippen molar-refractivity contribution in [3.8, 4) is 0 Å². The summed E-state index contributed by atoms with van der Waals surface area (Å²) >= 11 is 0. The Kier molecular flexibility index (Phi) is 7.60. The Morgan fingerprint density at radius 2 is 1.48 bits per heavy atom. The van der Waals surface area contributed by atoms with Crippen LogP contribution in [0.5, 0.6) is 0 Å². The number of carbonyl (C=O) groups is 2. The Morgan fingerprint density at radius 3 is 2.10 bits per heavy atom. The lowest BCUT2D eigenvalue weighted by Gasteiger charge is -2.23. The Balaban J connectivity index is 1.65.